The molecule has 0 saturated heterocycles. The molecule has 0 radical (unpaired) electrons. The highest BCUT2D eigenvalue weighted by molar-refractivity contribution is 6.74. The topological polar surface area (TPSA) is 18.5 Å². The first kappa shape index (κ1) is 20.4. The largest absolute Gasteiger partial charge is 0.416 e. The third kappa shape index (κ3) is 4.92. The van der Waals surface area contributed by atoms with Crippen molar-refractivity contribution in [1.82, 2.24) is 0 Å². The molecule has 1 fully saturated rings. The van der Waals surface area contributed by atoms with Gasteiger partial charge in [0.15, 0.2) is 16.6 Å². The van der Waals surface area contributed by atoms with E-state index >= 15 is 0 Å². The standard InChI is InChI=1S/C18H40O2Si2/c1-17(2,3)21(7,8)19-14-15-12-11-13-16(15)20-22(9,10)18(4,5)6/h15-16H,11-14H2,1-10H3/t15-,16-/m0/s1. The van der Waals surface area contributed by atoms with Gasteiger partial charge in [-0.2, -0.15) is 0 Å². The maximum Gasteiger partial charge on any atom is 0.192 e. The molecule has 0 aromatic carbocycles. The fourth-order valence-electron chi connectivity index (χ4n) is 2.44. The monoisotopic (exact) mass is 344 g/mol. The normalized spacial score (nSPS) is 24.8. The van der Waals surface area contributed by atoms with Gasteiger partial charge in [-0.1, -0.05) is 48.0 Å². The minimum absolute atomic E-state index is 0.292. The zero-order valence-corrected chi connectivity index (χ0v) is 18.8. The summed E-state index contributed by atoms with van der Waals surface area (Å²) in [4.78, 5) is 0. The van der Waals surface area contributed by atoms with E-state index in [9.17, 15) is 0 Å². The zero-order valence-electron chi connectivity index (χ0n) is 16.8. The second-order valence-corrected chi connectivity index (χ2v) is 19.7. The molecule has 1 aliphatic carbocycles. The Labute approximate surface area is 141 Å². The quantitative estimate of drug-likeness (QED) is 0.553. The lowest BCUT2D eigenvalue weighted by atomic mass is 10.1. The van der Waals surface area contributed by atoms with Crippen LogP contribution < -0.4 is 0 Å². The van der Waals surface area contributed by atoms with Gasteiger partial charge in [-0.15, -0.1) is 0 Å². The summed E-state index contributed by atoms with van der Waals surface area (Å²) in [7, 11) is -3.31. The van der Waals surface area contributed by atoms with Crippen molar-refractivity contribution in [1.29, 1.82) is 0 Å². The van der Waals surface area contributed by atoms with Gasteiger partial charge >= 0.3 is 0 Å². The highest BCUT2D eigenvalue weighted by Gasteiger charge is 2.43. The number of hydrogen-bond donors (Lipinski definition) is 0. The Hall–Kier alpha value is 0.354. The molecule has 0 N–H and O–H groups in total. The number of rotatable bonds is 5. The van der Waals surface area contributed by atoms with Crippen LogP contribution >= 0.6 is 0 Å². The molecule has 0 aliphatic heterocycles. The first-order valence-corrected chi connectivity index (χ1v) is 14.8. The lowest BCUT2D eigenvalue weighted by Gasteiger charge is -2.41. The minimum atomic E-state index is -1.67. The Balaban J connectivity index is 2.65. The minimum Gasteiger partial charge on any atom is -0.416 e. The molecule has 2 atom stereocenters. The lowest BCUT2D eigenvalue weighted by Crippen LogP contribution is -2.46. The van der Waals surface area contributed by atoms with Gasteiger partial charge in [0.05, 0.1) is 6.10 Å². The third-order valence-electron chi connectivity index (χ3n) is 6.31. The molecule has 0 spiro atoms. The predicted octanol–water partition coefficient (Wildman–Crippen LogP) is 6.20. The van der Waals surface area contributed by atoms with E-state index in [0.717, 1.165) is 6.61 Å². The summed E-state index contributed by atoms with van der Waals surface area (Å²) in [6, 6.07) is 0. The Morgan fingerprint density at radius 3 is 1.77 bits per heavy atom. The zero-order chi connectivity index (χ0) is 17.4. The van der Waals surface area contributed by atoms with Crippen LogP contribution in [0.1, 0.15) is 60.8 Å². The van der Waals surface area contributed by atoms with Gasteiger partial charge < -0.3 is 8.85 Å². The molecule has 2 nitrogen and oxygen atoms in total. The van der Waals surface area contributed by atoms with Crippen LogP contribution in [-0.4, -0.2) is 29.3 Å². The molecular formula is C18H40O2Si2. The summed E-state index contributed by atoms with van der Waals surface area (Å²) >= 11 is 0. The van der Waals surface area contributed by atoms with Gasteiger partial charge in [-0.05, 0) is 49.1 Å². The first-order valence-electron chi connectivity index (χ1n) is 8.99. The van der Waals surface area contributed by atoms with E-state index in [1.54, 1.807) is 0 Å². The van der Waals surface area contributed by atoms with Crippen molar-refractivity contribution in [2.75, 3.05) is 6.61 Å². The second-order valence-electron chi connectivity index (χ2n) is 10.2. The molecule has 0 bridgehead atoms. The fourth-order valence-corrected chi connectivity index (χ4v) is 4.92. The summed E-state index contributed by atoms with van der Waals surface area (Å²) in [6.45, 7) is 24.3. The average Bonchev–Trinajstić information content (AvgIpc) is 2.70. The summed E-state index contributed by atoms with van der Waals surface area (Å²) in [5.74, 6) is 0.600. The van der Waals surface area contributed by atoms with Crippen LogP contribution in [0.2, 0.25) is 36.3 Å². The predicted molar refractivity (Wildman–Crippen MR) is 103 cm³/mol. The molecule has 0 aromatic rings. The van der Waals surface area contributed by atoms with Crippen LogP contribution in [0.15, 0.2) is 0 Å². The van der Waals surface area contributed by atoms with Crippen LogP contribution in [0.4, 0.5) is 0 Å². The van der Waals surface area contributed by atoms with Crippen LogP contribution in [0.25, 0.3) is 0 Å². The van der Waals surface area contributed by atoms with E-state index < -0.39 is 16.6 Å². The SMILES string of the molecule is CC(C)(C)[Si](C)(C)OC[C@@H]1CCC[C@@H]1O[Si](C)(C)C(C)(C)C. The van der Waals surface area contributed by atoms with Crippen molar-refractivity contribution in [3.8, 4) is 0 Å². The van der Waals surface area contributed by atoms with Crippen molar-refractivity contribution in [2.24, 2.45) is 5.92 Å². The van der Waals surface area contributed by atoms with Gasteiger partial charge in [0.25, 0.3) is 0 Å². The van der Waals surface area contributed by atoms with Crippen LogP contribution in [-0.2, 0) is 8.85 Å². The molecule has 1 saturated carbocycles. The van der Waals surface area contributed by atoms with Crippen LogP contribution in [0.3, 0.4) is 0 Å². The van der Waals surface area contributed by atoms with Crippen molar-refractivity contribution >= 4 is 16.6 Å². The molecule has 0 unspecified atom stereocenters. The Morgan fingerprint density at radius 2 is 1.32 bits per heavy atom. The Bertz CT molecular complexity index is 364. The fraction of sp³-hybridized carbons (Fsp3) is 1.00. The summed E-state index contributed by atoms with van der Waals surface area (Å²) < 4.78 is 13.2. The Morgan fingerprint density at radius 1 is 0.818 bits per heavy atom. The smallest absolute Gasteiger partial charge is 0.192 e. The van der Waals surface area contributed by atoms with E-state index in [0.29, 0.717) is 22.1 Å². The Kier molecular flexibility index (Phi) is 6.21. The van der Waals surface area contributed by atoms with Gasteiger partial charge in [0.2, 0.25) is 0 Å². The molecule has 1 aliphatic rings. The van der Waals surface area contributed by atoms with Gasteiger partial charge in [0.1, 0.15) is 0 Å². The average molecular weight is 345 g/mol. The van der Waals surface area contributed by atoms with Crippen molar-refractivity contribution in [3.05, 3.63) is 0 Å². The molecule has 0 amide bonds. The first-order chi connectivity index (χ1) is 9.67. The summed E-state index contributed by atoms with van der Waals surface area (Å²) in [6.07, 6.45) is 4.21. The van der Waals surface area contributed by atoms with Gasteiger partial charge in [0, 0.05) is 12.5 Å². The number of hydrogen-bond acceptors (Lipinski definition) is 2. The molecule has 22 heavy (non-hydrogen) atoms. The van der Waals surface area contributed by atoms with Crippen LogP contribution in [0.5, 0.6) is 0 Å². The van der Waals surface area contributed by atoms with E-state index in [2.05, 4.69) is 67.7 Å². The second kappa shape index (κ2) is 6.69. The highest BCUT2D eigenvalue weighted by atomic mass is 28.4. The maximum atomic E-state index is 6.70. The molecular weight excluding hydrogens is 304 g/mol. The maximum absolute atomic E-state index is 6.70. The van der Waals surface area contributed by atoms with Crippen molar-refractivity contribution in [2.45, 2.75) is 103 Å². The molecule has 0 aromatic heterocycles. The van der Waals surface area contributed by atoms with E-state index in [-0.39, 0.29) is 0 Å². The highest BCUT2D eigenvalue weighted by Crippen LogP contribution is 2.42. The van der Waals surface area contributed by atoms with Crippen LogP contribution in [0, 0.1) is 5.92 Å². The van der Waals surface area contributed by atoms with Gasteiger partial charge in [-0.25, -0.2) is 0 Å². The van der Waals surface area contributed by atoms with E-state index in [1.807, 2.05) is 0 Å². The van der Waals surface area contributed by atoms with Crippen molar-refractivity contribution < 1.29 is 8.85 Å². The lowest BCUT2D eigenvalue weighted by molar-refractivity contribution is 0.101. The summed E-state index contributed by atoms with van der Waals surface area (Å²) in [5.41, 5.74) is 0. The van der Waals surface area contributed by atoms with Crippen molar-refractivity contribution in [3.63, 3.8) is 0 Å². The van der Waals surface area contributed by atoms with E-state index in [4.69, 9.17) is 8.85 Å². The van der Waals surface area contributed by atoms with E-state index in [1.165, 1.54) is 19.3 Å². The molecule has 132 valence electrons. The molecule has 1 rings (SSSR count). The molecule has 4 heteroatoms. The summed E-state index contributed by atoms with van der Waals surface area (Å²) in [5, 5.41) is 0.585. The molecule has 0 heterocycles. The third-order valence-corrected chi connectivity index (χ3v) is 15.3. The van der Waals surface area contributed by atoms with Gasteiger partial charge in [-0.3, -0.25) is 0 Å².